The summed E-state index contributed by atoms with van der Waals surface area (Å²) >= 11 is 0. The highest BCUT2D eigenvalue weighted by atomic mass is 15.2. The number of fused-ring (bicyclic) bond motifs is 1. The molecule has 2 atom stereocenters. The summed E-state index contributed by atoms with van der Waals surface area (Å²) in [5.74, 6) is 3.40. The summed E-state index contributed by atoms with van der Waals surface area (Å²) in [4.78, 5) is 11.4. The van der Waals surface area contributed by atoms with Crippen LogP contribution >= 0.6 is 0 Å². The van der Waals surface area contributed by atoms with E-state index < -0.39 is 0 Å². The van der Waals surface area contributed by atoms with Gasteiger partial charge in [-0.3, -0.25) is 0 Å². The molecule has 1 aromatic rings. The first-order valence-corrected chi connectivity index (χ1v) is 7.18. The Kier molecular flexibility index (Phi) is 3.10. The number of hydrogen-bond acceptors (Lipinski definition) is 4. The molecule has 3 rings (SSSR count). The third-order valence-electron chi connectivity index (χ3n) is 4.38. The van der Waals surface area contributed by atoms with Gasteiger partial charge in [0, 0.05) is 25.1 Å². The molecule has 1 aliphatic heterocycles. The van der Waals surface area contributed by atoms with Crippen molar-refractivity contribution in [3.8, 4) is 0 Å². The summed E-state index contributed by atoms with van der Waals surface area (Å²) in [5, 5.41) is 0. The molecular formula is C14H22N4. The second kappa shape index (κ2) is 4.75. The van der Waals surface area contributed by atoms with Crippen LogP contribution in [0.1, 0.15) is 44.9 Å². The molecular weight excluding hydrogens is 224 g/mol. The summed E-state index contributed by atoms with van der Waals surface area (Å²) in [6.45, 7) is 3.20. The first-order chi connectivity index (χ1) is 8.78. The Balaban J connectivity index is 1.90. The maximum absolute atomic E-state index is 5.90. The lowest BCUT2D eigenvalue weighted by molar-refractivity contribution is 0.360. The average Bonchev–Trinajstić information content (AvgIpc) is 2.85. The number of hydrogen-bond donors (Lipinski definition) is 1. The van der Waals surface area contributed by atoms with Crippen LogP contribution in [0.15, 0.2) is 6.07 Å². The molecule has 2 aliphatic rings. The predicted molar refractivity (Wildman–Crippen MR) is 73.5 cm³/mol. The molecule has 2 unspecified atom stereocenters. The van der Waals surface area contributed by atoms with E-state index in [1.165, 1.54) is 32.1 Å². The molecule has 18 heavy (non-hydrogen) atoms. The van der Waals surface area contributed by atoms with E-state index in [1.54, 1.807) is 0 Å². The largest absolute Gasteiger partial charge is 0.384 e. The first-order valence-electron chi connectivity index (χ1n) is 7.18. The van der Waals surface area contributed by atoms with Gasteiger partial charge in [0.25, 0.3) is 0 Å². The maximum Gasteiger partial charge on any atom is 0.134 e. The number of nitrogens with two attached hydrogens (primary N) is 1. The number of piperidine rings is 1. The minimum Gasteiger partial charge on any atom is -0.384 e. The fourth-order valence-electron chi connectivity index (χ4n) is 3.55. The van der Waals surface area contributed by atoms with Gasteiger partial charge in [-0.1, -0.05) is 13.3 Å². The van der Waals surface area contributed by atoms with Gasteiger partial charge in [0.05, 0.1) is 0 Å². The second-order valence-electron chi connectivity index (χ2n) is 5.51. The van der Waals surface area contributed by atoms with Crippen molar-refractivity contribution in [2.24, 2.45) is 5.92 Å². The molecule has 0 radical (unpaired) electrons. The number of rotatable bonds is 2. The summed E-state index contributed by atoms with van der Waals surface area (Å²) < 4.78 is 0. The van der Waals surface area contributed by atoms with E-state index in [4.69, 9.17) is 5.73 Å². The van der Waals surface area contributed by atoms with Crippen LogP contribution < -0.4 is 10.6 Å². The monoisotopic (exact) mass is 246 g/mol. The molecule has 2 heterocycles. The van der Waals surface area contributed by atoms with Crippen LogP contribution in [0.4, 0.5) is 11.6 Å². The summed E-state index contributed by atoms with van der Waals surface area (Å²) in [7, 11) is 0. The van der Waals surface area contributed by atoms with Gasteiger partial charge in [0.15, 0.2) is 0 Å². The molecule has 2 fully saturated rings. The SMILES string of the molecule is CCc1nc(N)cc(N2CCCC3CCCC32)n1. The van der Waals surface area contributed by atoms with Crippen molar-refractivity contribution < 1.29 is 0 Å². The van der Waals surface area contributed by atoms with E-state index in [0.29, 0.717) is 11.9 Å². The minimum atomic E-state index is 0.608. The predicted octanol–water partition coefficient (Wildman–Crippen LogP) is 2.39. The van der Waals surface area contributed by atoms with Gasteiger partial charge >= 0.3 is 0 Å². The van der Waals surface area contributed by atoms with Crippen molar-refractivity contribution in [1.82, 2.24) is 9.97 Å². The lowest BCUT2D eigenvalue weighted by Crippen LogP contribution is -2.43. The van der Waals surface area contributed by atoms with Crippen molar-refractivity contribution in [3.05, 3.63) is 11.9 Å². The molecule has 0 bridgehead atoms. The zero-order chi connectivity index (χ0) is 12.5. The third-order valence-corrected chi connectivity index (χ3v) is 4.38. The van der Waals surface area contributed by atoms with Crippen LogP contribution in [-0.2, 0) is 6.42 Å². The Labute approximate surface area is 109 Å². The number of nitrogen functional groups attached to an aromatic ring is 1. The van der Waals surface area contributed by atoms with Crippen LogP contribution in [0.5, 0.6) is 0 Å². The molecule has 1 saturated carbocycles. The molecule has 0 spiro atoms. The van der Waals surface area contributed by atoms with Gasteiger partial charge in [-0.2, -0.15) is 0 Å². The van der Waals surface area contributed by atoms with E-state index >= 15 is 0 Å². The molecule has 0 aromatic carbocycles. The van der Waals surface area contributed by atoms with Gasteiger partial charge in [0.1, 0.15) is 17.5 Å². The van der Waals surface area contributed by atoms with E-state index in [1.807, 2.05) is 6.07 Å². The van der Waals surface area contributed by atoms with E-state index in [2.05, 4.69) is 21.8 Å². The van der Waals surface area contributed by atoms with Gasteiger partial charge in [-0.25, -0.2) is 9.97 Å². The summed E-state index contributed by atoms with van der Waals surface area (Å²) in [5.41, 5.74) is 5.90. The van der Waals surface area contributed by atoms with Crippen LogP contribution in [0, 0.1) is 5.92 Å². The normalized spacial score (nSPS) is 27.3. The van der Waals surface area contributed by atoms with Crippen molar-refractivity contribution in [2.75, 3.05) is 17.2 Å². The quantitative estimate of drug-likeness (QED) is 0.870. The minimum absolute atomic E-state index is 0.608. The Morgan fingerprint density at radius 3 is 2.94 bits per heavy atom. The molecule has 98 valence electrons. The molecule has 1 saturated heterocycles. The van der Waals surface area contributed by atoms with Crippen molar-refractivity contribution in [1.29, 1.82) is 0 Å². The Hall–Kier alpha value is -1.32. The standard InChI is InChI=1S/C14H22N4/c1-2-13-16-12(15)9-14(17-13)18-8-4-6-10-5-3-7-11(10)18/h9-11H,2-8H2,1H3,(H2,15,16,17). The smallest absolute Gasteiger partial charge is 0.134 e. The van der Waals surface area contributed by atoms with E-state index in [-0.39, 0.29) is 0 Å². The Morgan fingerprint density at radius 2 is 2.11 bits per heavy atom. The van der Waals surface area contributed by atoms with Gasteiger partial charge < -0.3 is 10.6 Å². The van der Waals surface area contributed by atoms with Gasteiger partial charge in [-0.15, -0.1) is 0 Å². The fraction of sp³-hybridized carbons (Fsp3) is 0.714. The van der Waals surface area contributed by atoms with Crippen molar-refractivity contribution in [2.45, 2.75) is 51.5 Å². The average molecular weight is 246 g/mol. The zero-order valence-electron chi connectivity index (χ0n) is 11.1. The molecule has 1 aromatic heterocycles. The zero-order valence-corrected chi connectivity index (χ0v) is 11.1. The van der Waals surface area contributed by atoms with Crippen molar-refractivity contribution >= 4 is 11.6 Å². The Morgan fingerprint density at radius 1 is 1.28 bits per heavy atom. The third kappa shape index (κ3) is 2.04. The first kappa shape index (κ1) is 11.8. The van der Waals surface area contributed by atoms with Crippen molar-refractivity contribution in [3.63, 3.8) is 0 Å². The Bertz CT molecular complexity index is 432. The molecule has 2 N–H and O–H groups in total. The lowest BCUT2D eigenvalue weighted by atomic mass is 9.92. The maximum atomic E-state index is 5.90. The van der Waals surface area contributed by atoms with Crippen LogP contribution in [0.3, 0.4) is 0 Å². The molecule has 0 amide bonds. The van der Waals surface area contributed by atoms with Crippen LogP contribution in [0.2, 0.25) is 0 Å². The molecule has 1 aliphatic carbocycles. The highest BCUT2D eigenvalue weighted by Crippen LogP contribution is 2.38. The topological polar surface area (TPSA) is 55.0 Å². The summed E-state index contributed by atoms with van der Waals surface area (Å²) in [6, 6.07) is 2.64. The summed E-state index contributed by atoms with van der Waals surface area (Å²) in [6.07, 6.45) is 7.60. The number of anilines is 2. The lowest BCUT2D eigenvalue weighted by Gasteiger charge is -2.38. The number of aryl methyl sites for hydroxylation is 1. The van der Waals surface area contributed by atoms with Gasteiger partial charge in [-0.05, 0) is 31.6 Å². The van der Waals surface area contributed by atoms with E-state index in [9.17, 15) is 0 Å². The number of nitrogens with zero attached hydrogens (tertiary/aromatic N) is 3. The van der Waals surface area contributed by atoms with Gasteiger partial charge in [0.2, 0.25) is 0 Å². The van der Waals surface area contributed by atoms with Crippen LogP contribution in [0.25, 0.3) is 0 Å². The highest BCUT2D eigenvalue weighted by molar-refractivity contribution is 5.48. The second-order valence-corrected chi connectivity index (χ2v) is 5.51. The fourth-order valence-corrected chi connectivity index (χ4v) is 3.55. The van der Waals surface area contributed by atoms with Crippen LogP contribution in [-0.4, -0.2) is 22.6 Å². The molecule has 4 heteroatoms. The number of aromatic nitrogens is 2. The molecule has 4 nitrogen and oxygen atoms in total. The van der Waals surface area contributed by atoms with E-state index in [0.717, 1.165) is 30.5 Å². The highest BCUT2D eigenvalue weighted by Gasteiger charge is 2.35.